The molecule has 0 saturated heterocycles. The van der Waals surface area contributed by atoms with E-state index in [2.05, 4.69) is 15.6 Å². The van der Waals surface area contributed by atoms with Crippen molar-refractivity contribution in [1.82, 2.24) is 10.3 Å². The molecule has 0 saturated carbocycles. The van der Waals surface area contributed by atoms with Crippen molar-refractivity contribution in [2.24, 2.45) is 5.41 Å². The van der Waals surface area contributed by atoms with Crippen LogP contribution >= 0.6 is 23.2 Å². The average molecular weight is 566 g/mol. The maximum atomic E-state index is 13.0. The van der Waals surface area contributed by atoms with Crippen molar-refractivity contribution in [3.63, 3.8) is 0 Å². The van der Waals surface area contributed by atoms with Crippen molar-refractivity contribution in [3.8, 4) is 0 Å². The molecule has 7 nitrogen and oxygen atoms in total. The lowest BCUT2D eigenvalue weighted by molar-refractivity contribution is -0.145. The van der Waals surface area contributed by atoms with Gasteiger partial charge in [0.25, 0.3) is 5.91 Å². The molecule has 0 aliphatic heterocycles. The Morgan fingerprint density at radius 3 is 2.15 bits per heavy atom. The largest absolute Gasteiger partial charge is 0.479 e. The number of carbonyl (C=O) groups is 3. The predicted molar refractivity (Wildman–Crippen MR) is 152 cm³/mol. The van der Waals surface area contributed by atoms with E-state index in [9.17, 15) is 19.5 Å². The summed E-state index contributed by atoms with van der Waals surface area (Å²) < 4.78 is 0. The summed E-state index contributed by atoms with van der Waals surface area (Å²) in [6.45, 7) is 5.43. The number of aromatic nitrogens is 1. The summed E-state index contributed by atoms with van der Waals surface area (Å²) in [5.74, 6) is -1.48. The van der Waals surface area contributed by atoms with Crippen LogP contribution in [0.15, 0.2) is 78.3 Å². The molecule has 1 aromatic heterocycles. The van der Waals surface area contributed by atoms with Crippen LogP contribution in [0, 0.1) is 5.41 Å². The van der Waals surface area contributed by atoms with Gasteiger partial charge in [-0.25, -0.2) is 4.79 Å². The Morgan fingerprint density at radius 2 is 1.59 bits per heavy atom. The SMILES string of the molecule is CC[C@@](Cc1ccc(NC(=O)c2c(Cl)cncc2Cl)cc1)(NC1=C(Cc2ccccc2)C(=O)C1(C)C)C(=O)O. The first-order valence-electron chi connectivity index (χ1n) is 12.5. The van der Waals surface area contributed by atoms with Gasteiger partial charge in [0.05, 0.1) is 21.0 Å². The summed E-state index contributed by atoms with van der Waals surface area (Å²) in [6.07, 6.45) is 3.57. The van der Waals surface area contributed by atoms with Crippen molar-refractivity contribution in [2.75, 3.05) is 5.32 Å². The van der Waals surface area contributed by atoms with Gasteiger partial charge in [0.1, 0.15) is 5.54 Å². The van der Waals surface area contributed by atoms with Gasteiger partial charge in [0.15, 0.2) is 5.78 Å². The smallest absolute Gasteiger partial charge is 0.329 e. The van der Waals surface area contributed by atoms with Gasteiger partial charge in [-0.2, -0.15) is 0 Å². The number of benzene rings is 2. The molecule has 3 N–H and O–H groups in total. The molecule has 1 aliphatic rings. The number of nitrogens with zero attached hydrogens (tertiary/aromatic N) is 1. The minimum Gasteiger partial charge on any atom is -0.479 e. The molecule has 1 heterocycles. The van der Waals surface area contributed by atoms with Crippen molar-refractivity contribution >= 4 is 46.5 Å². The fraction of sp³-hybridized carbons (Fsp3) is 0.267. The Hall–Kier alpha value is -3.68. The molecule has 202 valence electrons. The molecule has 0 unspecified atom stereocenters. The number of allylic oxidation sites excluding steroid dienone is 2. The molecule has 0 spiro atoms. The summed E-state index contributed by atoms with van der Waals surface area (Å²) in [6, 6.07) is 16.5. The average Bonchev–Trinajstić information content (AvgIpc) is 2.91. The lowest BCUT2D eigenvalue weighted by Crippen LogP contribution is -2.59. The molecule has 4 rings (SSSR count). The highest BCUT2D eigenvalue weighted by Gasteiger charge is 2.50. The number of carboxylic acid groups (broad SMARTS) is 1. The number of carboxylic acids is 1. The molecule has 1 atom stereocenters. The molecule has 0 bridgehead atoms. The minimum absolute atomic E-state index is 0.0127. The number of hydrogen-bond donors (Lipinski definition) is 3. The van der Waals surface area contributed by atoms with Gasteiger partial charge < -0.3 is 15.7 Å². The summed E-state index contributed by atoms with van der Waals surface area (Å²) in [7, 11) is 0. The van der Waals surface area contributed by atoms with E-state index in [4.69, 9.17) is 23.2 Å². The van der Waals surface area contributed by atoms with Crippen LogP contribution in [-0.2, 0) is 22.4 Å². The molecule has 1 amide bonds. The Kier molecular flexibility index (Phi) is 8.14. The highest BCUT2D eigenvalue weighted by atomic mass is 35.5. The number of amides is 1. The third-order valence-corrected chi connectivity index (χ3v) is 7.74. The van der Waals surface area contributed by atoms with Gasteiger partial charge in [0.2, 0.25) is 0 Å². The number of anilines is 1. The number of carbonyl (C=O) groups excluding carboxylic acids is 2. The van der Waals surface area contributed by atoms with Gasteiger partial charge >= 0.3 is 5.97 Å². The number of ketones is 1. The normalized spacial score (nSPS) is 15.8. The van der Waals surface area contributed by atoms with Crippen LogP contribution in [0.25, 0.3) is 0 Å². The fourth-order valence-electron chi connectivity index (χ4n) is 4.77. The molecule has 0 radical (unpaired) electrons. The first kappa shape index (κ1) is 28.3. The summed E-state index contributed by atoms with van der Waals surface area (Å²) >= 11 is 12.2. The van der Waals surface area contributed by atoms with E-state index >= 15 is 0 Å². The van der Waals surface area contributed by atoms with Crippen LogP contribution in [0.4, 0.5) is 5.69 Å². The van der Waals surface area contributed by atoms with Crippen molar-refractivity contribution in [2.45, 2.75) is 45.6 Å². The second-order valence-corrected chi connectivity index (χ2v) is 11.0. The number of Topliss-reactive ketones (excluding diaryl/α,β-unsaturated/α-hetero) is 1. The first-order valence-corrected chi connectivity index (χ1v) is 13.3. The fourth-order valence-corrected chi connectivity index (χ4v) is 5.31. The van der Waals surface area contributed by atoms with Gasteiger partial charge in [-0.05, 0) is 43.5 Å². The van der Waals surface area contributed by atoms with Gasteiger partial charge in [-0.15, -0.1) is 0 Å². The first-order chi connectivity index (χ1) is 18.5. The lowest BCUT2D eigenvalue weighted by atomic mass is 9.66. The van der Waals surface area contributed by atoms with E-state index in [1.165, 1.54) is 12.4 Å². The van der Waals surface area contributed by atoms with E-state index in [0.717, 1.165) is 11.1 Å². The maximum absolute atomic E-state index is 13.0. The quantitative estimate of drug-likeness (QED) is 0.273. The standard InChI is InChI=1S/C30H29Cl2N3O4/c1-4-30(28(38)39,35-25-21(26(36)29(25,2)3)14-18-8-6-5-7-9-18)15-19-10-12-20(13-11-19)34-27(37)24-22(31)16-33-17-23(24)32/h5-13,16-17,35H,4,14-15H2,1-3H3,(H,34,37)(H,38,39)/t30-/m0/s1. The molecular weight excluding hydrogens is 537 g/mol. The highest BCUT2D eigenvalue weighted by Crippen LogP contribution is 2.43. The Balaban J connectivity index is 1.56. The number of hydrogen-bond acceptors (Lipinski definition) is 5. The second-order valence-electron chi connectivity index (χ2n) is 10.1. The van der Waals surface area contributed by atoms with Gasteiger partial charge in [0, 0.05) is 42.2 Å². The van der Waals surface area contributed by atoms with E-state index in [0.29, 0.717) is 23.4 Å². The Labute approximate surface area is 237 Å². The maximum Gasteiger partial charge on any atom is 0.329 e. The molecule has 39 heavy (non-hydrogen) atoms. The highest BCUT2D eigenvalue weighted by molar-refractivity contribution is 6.40. The van der Waals surface area contributed by atoms with Gasteiger partial charge in [-0.3, -0.25) is 14.6 Å². The second kappa shape index (κ2) is 11.2. The van der Waals surface area contributed by atoms with Crippen LogP contribution in [-0.4, -0.2) is 33.3 Å². The predicted octanol–water partition coefficient (Wildman–Crippen LogP) is 6.11. The monoisotopic (exact) mass is 565 g/mol. The summed E-state index contributed by atoms with van der Waals surface area (Å²) in [4.78, 5) is 42.2. The lowest BCUT2D eigenvalue weighted by Gasteiger charge is -2.44. The van der Waals surface area contributed by atoms with Crippen LogP contribution in [0.2, 0.25) is 10.0 Å². The zero-order valence-corrected chi connectivity index (χ0v) is 23.4. The van der Waals surface area contributed by atoms with Crippen LogP contribution < -0.4 is 10.6 Å². The van der Waals surface area contributed by atoms with Crippen molar-refractivity contribution in [1.29, 1.82) is 0 Å². The van der Waals surface area contributed by atoms with Crippen LogP contribution in [0.1, 0.15) is 48.7 Å². The molecule has 2 aromatic carbocycles. The number of pyridine rings is 1. The summed E-state index contributed by atoms with van der Waals surface area (Å²) in [5, 5.41) is 16.7. The van der Waals surface area contributed by atoms with Crippen molar-refractivity contribution in [3.05, 3.63) is 105 Å². The molecule has 3 aromatic rings. The Bertz CT molecular complexity index is 1430. The minimum atomic E-state index is -1.34. The van der Waals surface area contributed by atoms with E-state index < -0.39 is 22.8 Å². The molecular formula is C30H29Cl2N3O4. The third kappa shape index (κ3) is 5.70. The third-order valence-electron chi connectivity index (χ3n) is 7.17. The molecule has 1 aliphatic carbocycles. The number of halogens is 2. The van der Waals surface area contributed by atoms with E-state index in [1.54, 1.807) is 24.3 Å². The summed E-state index contributed by atoms with van der Waals surface area (Å²) in [5.41, 5.74) is 1.49. The van der Waals surface area contributed by atoms with Gasteiger partial charge in [-0.1, -0.05) is 72.6 Å². The van der Waals surface area contributed by atoms with E-state index in [-0.39, 0.29) is 34.2 Å². The van der Waals surface area contributed by atoms with Crippen molar-refractivity contribution < 1.29 is 19.5 Å². The van der Waals surface area contributed by atoms with E-state index in [1.807, 2.05) is 51.1 Å². The number of aliphatic carboxylic acids is 1. The molecule has 9 heteroatoms. The number of nitrogens with one attached hydrogen (secondary N) is 2. The zero-order chi connectivity index (χ0) is 28.4. The number of rotatable bonds is 10. The molecule has 0 fully saturated rings. The Morgan fingerprint density at radius 1 is 0.974 bits per heavy atom. The topological polar surface area (TPSA) is 108 Å². The zero-order valence-electron chi connectivity index (χ0n) is 21.8. The van der Waals surface area contributed by atoms with Crippen LogP contribution in [0.5, 0.6) is 0 Å². The van der Waals surface area contributed by atoms with Crippen LogP contribution in [0.3, 0.4) is 0 Å².